The fourth-order valence-corrected chi connectivity index (χ4v) is 1.97. The third-order valence-electron chi connectivity index (χ3n) is 2.76. The van der Waals surface area contributed by atoms with Gasteiger partial charge in [0, 0.05) is 18.2 Å². The minimum Gasteiger partial charge on any atom is -0.496 e. The molecule has 0 aliphatic carbocycles. The number of ether oxygens (including phenoxy) is 2. The van der Waals surface area contributed by atoms with E-state index in [9.17, 15) is 0 Å². The molecule has 1 aliphatic rings. The number of nitrogens with two attached hydrogens (primary N) is 1. The molecule has 15 heavy (non-hydrogen) atoms. The number of anilines is 1. The fraction of sp³-hybridized carbons (Fsp3) is 0.455. The van der Waals surface area contributed by atoms with Crippen LogP contribution in [0.3, 0.4) is 0 Å². The van der Waals surface area contributed by atoms with Gasteiger partial charge >= 0.3 is 0 Å². The Kier molecular flexibility index (Phi) is 2.68. The summed E-state index contributed by atoms with van der Waals surface area (Å²) in [5.74, 6) is 1.75. The number of nitrogens with one attached hydrogen (secondary N) is 1. The van der Waals surface area contributed by atoms with Crippen LogP contribution in [0.15, 0.2) is 12.1 Å². The zero-order valence-corrected chi connectivity index (χ0v) is 9.04. The minimum atomic E-state index is 0.283. The summed E-state index contributed by atoms with van der Waals surface area (Å²) >= 11 is 0. The van der Waals surface area contributed by atoms with Crippen molar-refractivity contribution in [3.8, 4) is 11.5 Å². The second-order valence-corrected chi connectivity index (χ2v) is 3.60. The molecule has 0 saturated carbocycles. The summed E-state index contributed by atoms with van der Waals surface area (Å²) in [6.07, 6.45) is 0.895. The molecule has 1 aromatic rings. The lowest BCUT2D eigenvalue weighted by molar-refractivity contribution is 0.402. The van der Waals surface area contributed by atoms with Gasteiger partial charge < -0.3 is 20.5 Å². The Morgan fingerprint density at radius 3 is 2.60 bits per heavy atom. The smallest absolute Gasteiger partial charge is 0.142 e. The topological polar surface area (TPSA) is 56.5 Å². The number of hydrogen-bond acceptors (Lipinski definition) is 4. The van der Waals surface area contributed by atoms with E-state index in [4.69, 9.17) is 15.2 Å². The molecule has 1 aromatic carbocycles. The Hall–Kier alpha value is -1.42. The van der Waals surface area contributed by atoms with Crippen molar-refractivity contribution in [3.63, 3.8) is 0 Å². The maximum absolute atomic E-state index is 5.65. The van der Waals surface area contributed by atoms with Crippen LogP contribution in [0.1, 0.15) is 5.56 Å². The molecule has 0 fully saturated rings. The van der Waals surface area contributed by atoms with E-state index in [-0.39, 0.29) is 6.04 Å². The van der Waals surface area contributed by atoms with Crippen molar-refractivity contribution in [2.75, 3.05) is 26.1 Å². The van der Waals surface area contributed by atoms with Crippen LogP contribution in [0.5, 0.6) is 11.5 Å². The van der Waals surface area contributed by atoms with E-state index >= 15 is 0 Å². The molecule has 0 amide bonds. The Balaban J connectivity index is 2.42. The molecule has 4 nitrogen and oxygen atoms in total. The van der Waals surface area contributed by atoms with Gasteiger partial charge in [0.2, 0.25) is 0 Å². The molecule has 0 radical (unpaired) electrons. The fourth-order valence-electron chi connectivity index (χ4n) is 1.97. The second kappa shape index (κ2) is 3.98. The molecular formula is C11H16N2O2. The number of benzene rings is 1. The number of fused-ring (bicyclic) bond motifs is 1. The SMILES string of the molecule is COc1ccc(OC)c2c1CC(CN)N2. The first-order chi connectivity index (χ1) is 7.30. The summed E-state index contributed by atoms with van der Waals surface area (Å²) in [6.45, 7) is 0.612. The number of rotatable bonds is 3. The highest BCUT2D eigenvalue weighted by Gasteiger charge is 2.25. The van der Waals surface area contributed by atoms with Gasteiger partial charge in [-0.3, -0.25) is 0 Å². The lowest BCUT2D eigenvalue weighted by atomic mass is 10.1. The highest BCUT2D eigenvalue weighted by Crippen LogP contribution is 2.40. The van der Waals surface area contributed by atoms with Crippen LogP contribution in [0.4, 0.5) is 5.69 Å². The first-order valence-electron chi connectivity index (χ1n) is 5.00. The molecule has 2 rings (SSSR count). The van der Waals surface area contributed by atoms with Crippen LogP contribution >= 0.6 is 0 Å². The van der Waals surface area contributed by atoms with E-state index in [2.05, 4.69) is 5.32 Å². The van der Waals surface area contributed by atoms with Crippen LogP contribution in [-0.4, -0.2) is 26.8 Å². The van der Waals surface area contributed by atoms with Crippen molar-refractivity contribution >= 4 is 5.69 Å². The average Bonchev–Trinajstić information content (AvgIpc) is 2.71. The van der Waals surface area contributed by atoms with Gasteiger partial charge in [0.05, 0.1) is 19.9 Å². The van der Waals surface area contributed by atoms with Crippen molar-refractivity contribution in [1.82, 2.24) is 0 Å². The molecule has 82 valence electrons. The van der Waals surface area contributed by atoms with E-state index in [1.165, 1.54) is 0 Å². The summed E-state index contributed by atoms with van der Waals surface area (Å²) in [4.78, 5) is 0. The highest BCUT2D eigenvalue weighted by molar-refractivity contribution is 5.70. The Morgan fingerprint density at radius 1 is 1.33 bits per heavy atom. The Bertz CT molecular complexity index is 333. The van der Waals surface area contributed by atoms with Crippen LogP contribution in [0.25, 0.3) is 0 Å². The van der Waals surface area contributed by atoms with E-state index in [0.29, 0.717) is 6.54 Å². The van der Waals surface area contributed by atoms with Crippen molar-refractivity contribution in [1.29, 1.82) is 0 Å². The van der Waals surface area contributed by atoms with Crippen LogP contribution in [0.2, 0.25) is 0 Å². The zero-order chi connectivity index (χ0) is 10.8. The lowest BCUT2D eigenvalue weighted by Crippen LogP contribution is -2.25. The van der Waals surface area contributed by atoms with Gasteiger partial charge in [0.1, 0.15) is 11.5 Å². The van der Waals surface area contributed by atoms with Crippen LogP contribution < -0.4 is 20.5 Å². The van der Waals surface area contributed by atoms with Crippen LogP contribution in [0, 0.1) is 0 Å². The summed E-state index contributed by atoms with van der Waals surface area (Å²) in [5.41, 5.74) is 7.83. The minimum absolute atomic E-state index is 0.283. The quantitative estimate of drug-likeness (QED) is 0.778. The van der Waals surface area contributed by atoms with Crippen molar-refractivity contribution < 1.29 is 9.47 Å². The molecule has 1 unspecified atom stereocenters. The molecule has 0 spiro atoms. The maximum atomic E-state index is 5.65. The Labute approximate surface area is 89.4 Å². The van der Waals surface area contributed by atoms with Crippen molar-refractivity contribution in [2.24, 2.45) is 5.73 Å². The van der Waals surface area contributed by atoms with Gasteiger partial charge in [-0.05, 0) is 18.6 Å². The first kappa shape index (κ1) is 10.1. The van der Waals surface area contributed by atoms with Crippen molar-refractivity contribution in [2.45, 2.75) is 12.5 Å². The predicted octanol–water partition coefficient (Wildman–Crippen LogP) is 0.999. The number of hydrogen-bond donors (Lipinski definition) is 2. The van der Waals surface area contributed by atoms with Crippen LogP contribution in [-0.2, 0) is 6.42 Å². The molecule has 1 aliphatic heterocycles. The lowest BCUT2D eigenvalue weighted by Gasteiger charge is -2.11. The summed E-state index contributed by atoms with van der Waals surface area (Å²) in [6, 6.07) is 4.12. The van der Waals surface area contributed by atoms with E-state index in [0.717, 1.165) is 29.2 Å². The van der Waals surface area contributed by atoms with E-state index in [1.807, 2.05) is 12.1 Å². The number of methoxy groups -OCH3 is 2. The third kappa shape index (κ3) is 1.61. The average molecular weight is 208 g/mol. The molecule has 0 aromatic heterocycles. The molecular weight excluding hydrogens is 192 g/mol. The molecule has 4 heteroatoms. The molecule has 0 bridgehead atoms. The first-order valence-corrected chi connectivity index (χ1v) is 5.00. The van der Waals surface area contributed by atoms with Gasteiger partial charge in [-0.15, -0.1) is 0 Å². The summed E-state index contributed by atoms with van der Waals surface area (Å²) in [5, 5.41) is 3.35. The Morgan fingerprint density at radius 2 is 2.00 bits per heavy atom. The van der Waals surface area contributed by atoms with Crippen molar-refractivity contribution in [3.05, 3.63) is 17.7 Å². The van der Waals surface area contributed by atoms with Gasteiger partial charge in [-0.2, -0.15) is 0 Å². The van der Waals surface area contributed by atoms with Gasteiger partial charge in [-0.25, -0.2) is 0 Å². The van der Waals surface area contributed by atoms with Gasteiger partial charge in [-0.1, -0.05) is 0 Å². The predicted molar refractivity (Wildman–Crippen MR) is 59.7 cm³/mol. The zero-order valence-electron chi connectivity index (χ0n) is 9.04. The van der Waals surface area contributed by atoms with E-state index in [1.54, 1.807) is 14.2 Å². The monoisotopic (exact) mass is 208 g/mol. The molecule has 0 saturated heterocycles. The summed E-state index contributed by atoms with van der Waals surface area (Å²) in [7, 11) is 3.34. The standard InChI is InChI=1S/C11H16N2O2/c1-14-9-3-4-10(15-2)11-8(9)5-7(6-12)13-11/h3-4,7,13H,5-6,12H2,1-2H3. The maximum Gasteiger partial charge on any atom is 0.142 e. The molecule has 1 atom stereocenters. The molecule has 1 heterocycles. The second-order valence-electron chi connectivity index (χ2n) is 3.60. The van der Waals surface area contributed by atoms with Gasteiger partial charge in [0.25, 0.3) is 0 Å². The van der Waals surface area contributed by atoms with E-state index < -0.39 is 0 Å². The molecule has 3 N–H and O–H groups in total. The van der Waals surface area contributed by atoms with Gasteiger partial charge in [0.15, 0.2) is 0 Å². The third-order valence-corrected chi connectivity index (χ3v) is 2.76. The normalized spacial score (nSPS) is 18.2. The summed E-state index contributed by atoms with van der Waals surface area (Å²) < 4.78 is 10.6. The largest absolute Gasteiger partial charge is 0.496 e. The highest BCUT2D eigenvalue weighted by atomic mass is 16.5.